The van der Waals surface area contributed by atoms with Crippen molar-refractivity contribution in [3.63, 3.8) is 0 Å². The third-order valence-electron chi connectivity index (χ3n) is 3.10. The Morgan fingerprint density at radius 2 is 1.91 bits per heavy atom. The molecule has 0 saturated heterocycles. The van der Waals surface area contributed by atoms with E-state index in [9.17, 15) is 18.0 Å². The molecule has 4 N–H and O–H groups in total. The van der Waals surface area contributed by atoms with E-state index < -0.39 is 40.2 Å². The zero-order valence-electron chi connectivity index (χ0n) is 12.5. The van der Waals surface area contributed by atoms with Crippen LogP contribution in [0.25, 0.3) is 0 Å². The molecule has 0 aliphatic rings. The van der Waals surface area contributed by atoms with Crippen molar-refractivity contribution in [3.05, 3.63) is 29.1 Å². The number of nitrogens with one attached hydrogen (secondary N) is 1. The van der Waals surface area contributed by atoms with Crippen molar-refractivity contribution in [1.29, 1.82) is 0 Å². The fourth-order valence-corrected chi connectivity index (χ4v) is 2.18. The zero-order chi connectivity index (χ0) is 16.4. The maximum atomic E-state index is 13.7. The summed E-state index contributed by atoms with van der Waals surface area (Å²) in [5.74, 6) is -7.00. The van der Waals surface area contributed by atoms with Crippen molar-refractivity contribution in [3.8, 4) is 5.75 Å². The Hall–Kier alpha value is -1.47. The van der Waals surface area contributed by atoms with Crippen LogP contribution in [-0.4, -0.2) is 23.1 Å². The predicted molar refractivity (Wildman–Crippen MR) is 79.6 cm³/mol. The molecule has 0 radical (unpaired) electrons. The van der Waals surface area contributed by atoms with Crippen molar-refractivity contribution >= 4 is 18.3 Å². The van der Waals surface area contributed by atoms with E-state index in [-0.39, 0.29) is 24.9 Å². The van der Waals surface area contributed by atoms with Gasteiger partial charge in [0.15, 0.2) is 17.4 Å². The smallest absolute Gasteiger partial charge is 0.254 e. The number of hydrogen-bond donors (Lipinski definition) is 3. The lowest BCUT2D eigenvalue weighted by atomic mass is 9.90. The molecule has 0 spiro atoms. The van der Waals surface area contributed by atoms with Gasteiger partial charge >= 0.3 is 0 Å². The summed E-state index contributed by atoms with van der Waals surface area (Å²) in [6.45, 7) is 5.60. The van der Waals surface area contributed by atoms with E-state index in [1.807, 2.05) is 13.8 Å². The number of carbonyl (C=O) groups is 1. The molecule has 0 bridgehead atoms. The number of carbonyl (C=O) groups excluding carboxylic acids is 1. The van der Waals surface area contributed by atoms with Gasteiger partial charge in [-0.25, -0.2) is 8.78 Å². The first-order chi connectivity index (χ1) is 9.61. The van der Waals surface area contributed by atoms with Crippen LogP contribution in [0.15, 0.2) is 6.07 Å². The summed E-state index contributed by atoms with van der Waals surface area (Å²) < 4.78 is 39.9. The van der Waals surface area contributed by atoms with Crippen LogP contribution in [0.4, 0.5) is 13.2 Å². The van der Waals surface area contributed by atoms with Crippen LogP contribution in [0.1, 0.15) is 37.6 Å². The summed E-state index contributed by atoms with van der Waals surface area (Å²) in [7, 11) is 0. The SMILES string of the molecule is CC(C)CC(C)(CN)NC(=O)c1cc(F)c(F)c(O)c1F.Cl. The molecule has 1 rings (SSSR count). The van der Waals surface area contributed by atoms with Gasteiger partial charge in [0.25, 0.3) is 5.91 Å². The quantitative estimate of drug-likeness (QED) is 0.721. The van der Waals surface area contributed by atoms with E-state index in [1.54, 1.807) is 6.92 Å². The largest absolute Gasteiger partial charge is 0.503 e. The number of nitrogens with two attached hydrogens (primary N) is 1. The van der Waals surface area contributed by atoms with Gasteiger partial charge in [0.2, 0.25) is 5.82 Å². The summed E-state index contributed by atoms with van der Waals surface area (Å²) in [6, 6.07) is 0.409. The number of hydrogen-bond acceptors (Lipinski definition) is 3. The number of phenols is 1. The fraction of sp³-hybridized carbons (Fsp3) is 0.500. The molecule has 1 aromatic rings. The molecular formula is C14H20ClF3N2O2. The number of rotatable bonds is 5. The molecular weight excluding hydrogens is 321 g/mol. The van der Waals surface area contributed by atoms with Crippen molar-refractivity contribution in [1.82, 2.24) is 5.32 Å². The van der Waals surface area contributed by atoms with E-state index in [0.717, 1.165) is 0 Å². The second-order valence-electron chi connectivity index (χ2n) is 5.70. The highest BCUT2D eigenvalue weighted by atomic mass is 35.5. The predicted octanol–water partition coefficient (Wildman–Crippen LogP) is 2.72. The highest BCUT2D eigenvalue weighted by Gasteiger charge is 2.29. The number of halogens is 4. The molecule has 0 saturated carbocycles. The molecule has 0 aliphatic heterocycles. The van der Waals surface area contributed by atoms with Gasteiger partial charge in [0.05, 0.1) is 5.56 Å². The maximum absolute atomic E-state index is 13.7. The van der Waals surface area contributed by atoms with Crippen molar-refractivity contribution in [2.24, 2.45) is 11.7 Å². The lowest BCUT2D eigenvalue weighted by Crippen LogP contribution is -2.52. The van der Waals surface area contributed by atoms with Crippen molar-refractivity contribution in [2.75, 3.05) is 6.54 Å². The van der Waals surface area contributed by atoms with E-state index in [2.05, 4.69) is 5.32 Å². The molecule has 4 nitrogen and oxygen atoms in total. The van der Waals surface area contributed by atoms with Crippen LogP contribution in [0.2, 0.25) is 0 Å². The van der Waals surface area contributed by atoms with Gasteiger partial charge in [-0.15, -0.1) is 12.4 Å². The van der Waals surface area contributed by atoms with Gasteiger partial charge in [0.1, 0.15) is 0 Å². The number of amides is 1. The molecule has 1 unspecified atom stereocenters. The summed E-state index contributed by atoms with van der Waals surface area (Å²) >= 11 is 0. The second-order valence-corrected chi connectivity index (χ2v) is 5.70. The van der Waals surface area contributed by atoms with E-state index in [4.69, 9.17) is 10.8 Å². The molecule has 0 heterocycles. The highest BCUT2D eigenvalue weighted by Crippen LogP contribution is 2.26. The number of benzene rings is 1. The maximum Gasteiger partial charge on any atom is 0.254 e. The molecule has 8 heteroatoms. The molecule has 0 aromatic heterocycles. The van der Waals surface area contributed by atoms with Gasteiger partial charge in [-0.3, -0.25) is 4.79 Å². The third kappa shape index (κ3) is 4.51. The Labute approximate surface area is 133 Å². The van der Waals surface area contributed by atoms with Crippen LogP contribution in [0.3, 0.4) is 0 Å². The minimum Gasteiger partial charge on any atom is -0.503 e. The standard InChI is InChI=1S/C14H19F3N2O2.ClH/c1-7(2)5-14(3,6-18)19-13(21)8-4-9(15)11(17)12(20)10(8)16;/h4,7,20H,5-6,18H2,1-3H3,(H,19,21);1H. The highest BCUT2D eigenvalue weighted by molar-refractivity contribution is 5.95. The van der Waals surface area contributed by atoms with Crippen molar-refractivity contribution in [2.45, 2.75) is 32.7 Å². The molecule has 0 aliphatic carbocycles. The van der Waals surface area contributed by atoms with Gasteiger partial charge in [-0.1, -0.05) is 13.8 Å². The number of aromatic hydroxyl groups is 1. The zero-order valence-corrected chi connectivity index (χ0v) is 13.4. The Morgan fingerprint density at radius 3 is 2.36 bits per heavy atom. The topological polar surface area (TPSA) is 75.3 Å². The molecule has 1 atom stereocenters. The van der Waals surface area contributed by atoms with Crippen LogP contribution in [0, 0.1) is 23.4 Å². The summed E-state index contributed by atoms with van der Waals surface area (Å²) in [5.41, 5.74) is 4.02. The Kier molecular flexibility index (Phi) is 7.18. The minimum atomic E-state index is -1.73. The van der Waals surface area contributed by atoms with E-state index >= 15 is 0 Å². The van der Waals surface area contributed by atoms with Gasteiger partial charge in [-0.05, 0) is 25.3 Å². The van der Waals surface area contributed by atoms with Crippen LogP contribution in [0.5, 0.6) is 5.75 Å². The third-order valence-corrected chi connectivity index (χ3v) is 3.10. The molecule has 0 fully saturated rings. The first kappa shape index (κ1) is 20.5. The lowest BCUT2D eigenvalue weighted by molar-refractivity contribution is 0.0892. The monoisotopic (exact) mass is 340 g/mol. The van der Waals surface area contributed by atoms with Gasteiger partial charge in [-0.2, -0.15) is 4.39 Å². The van der Waals surface area contributed by atoms with Crippen LogP contribution < -0.4 is 11.1 Å². The Morgan fingerprint density at radius 1 is 1.36 bits per heavy atom. The number of phenolic OH excluding ortho intramolecular Hbond substituents is 1. The molecule has 1 amide bonds. The van der Waals surface area contributed by atoms with E-state index in [0.29, 0.717) is 12.5 Å². The fourth-order valence-electron chi connectivity index (χ4n) is 2.18. The summed E-state index contributed by atoms with van der Waals surface area (Å²) in [4.78, 5) is 12.0. The lowest BCUT2D eigenvalue weighted by Gasteiger charge is -2.31. The molecule has 126 valence electrons. The Balaban J connectivity index is 0.00000441. The van der Waals surface area contributed by atoms with Gasteiger partial charge in [0, 0.05) is 12.1 Å². The van der Waals surface area contributed by atoms with Gasteiger partial charge < -0.3 is 16.2 Å². The van der Waals surface area contributed by atoms with Crippen LogP contribution >= 0.6 is 12.4 Å². The van der Waals surface area contributed by atoms with Crippen LogP contribution in [-0.2, 0) is 0 Å². The first-order valence-electron chi connectivity index (χ1n) is 6.50. The molecule has 1 aromatic carbocycles. The summed E-state index contributed by atoms with van der Waals surface area (Å²) in [6.07, 6.45) is 0.520. The minimum absolute atomic E-state index is 0. The first-order valence-corrected chi connectivity index (χ1v) is 6.50. The normalized spacial score (nSPS) is 13.5. The second kappa shape index (κ2) is 7.69. The summed E-state index contributed by atoms with van der Waals surface area (Å²) in [5, 5.41) is 11.6. The van der Waals surface area contributed by atoms with Crippen molar-refractivity contribution < 1.29 is 23.1 Å². The Bertz CT molecular complexity index is 555. The average molecular weight is 341 g/mol. The van der Waals surface area contributed by atoms with E-state index in [1.165, 1.54) is 0 Å². The average Bonchev–Trinajstić information content (AvgIpc) is 2.39. The molecule has 22 heavy (non-hydrogen) atoms.